The van der Waals surface area contributed by atoms with Gasteiger partial charge in [0.1, 0.15) is 18.4 Å². The number of esters is 2. The molecule has 27 heavy (non-hydrogen) atoms. The minimum atomic E-state index is -0.770. The van der Waals surface area contributed by atoms with Gasteiger partial charge in [0.05, 0.1) is 13.0 Å². The van der Waals surface area contributed by atoms with E-state index in [-0.39, 0.29) is 12.5 Å². The Morgan fingerprint density at radius 2 is 2.07 bits per heavy atom. The van der Waals surface area contributed by atoms with Gasteiger partial charge in [-0.25, -0.2) is 4.79 Å². The Morgan fingerprint density at radius 3 is 2.74 bits per heavy atom. The van der Waals surface area contributed by atoms with Gasteiger partial charge in [0.25, 0.3) is 5.91 Å². The van der Waals surface area contributed by atoms with E-state index in [4.69, 9.17) is 21.1 Å². The minimum absolute atomic E-state index is 0.174. The first-order valence-corrected chi connectivity index (χ1v) is 9.13. The molecule has 8 heteroatoms. The summed E-state index contributed by atoms with van der Waals surface area (Å²) in [6.07, 6.45) is 0.856. The van der Waals surface area contributed by atoms with Crippen LogP contribution in [0, 0.1) is 11.8 Å². The highest BCUT2D eigenvalue weighted by Crippen LogP contribution is 2.30. The third-order valence-corrected chi connectivity index (χ3v) is 4.37. The zero-order valence-electron chi connectivity index (χ0n) is 15.6. The molecular weight excluding hydrogens is 374 g/mol. The van der Waals surface area contributed by atoms with Gasteiger partial charge in [-0.3, -0.25) is 9.59 Å². The zero-order valence-corrected chi connectivity index (χ0v) is 16.4. The number of carbonyl (C=O) groups excluding carboxylic acids is 3. The smallest absolute Gasteiger partial charge is 0.328 e. The first-order valence-electron chi connectivity index (χ1n) is 8.75. The molecule has 0 aromatic heterocycles. The van der Waals surface area contributed by atoms with Crippen LogP contribution in [0.5, 0.6) is 5.75 Å². The molecule has 1 aliphatic rings. The van der Waals surface area contributed by atoms with Crippen LogP contribution < -0.4 is 10.1 Å². The molecule has 0 saturated heterocycles. The number of nitrogens with one attached hydrogen (secondary N) is 1. The predicted molar refractivity (Wildman–Crippen MR) is 98.5 cm³/mol. The lowest BCUT2D eigenvalue weighted by molar-refractivity contribution is -0.154. The van der Waals surface area contributed by atoms with Crippen molar-refractivity contribution < 1.29 is 28.6 Å². The maximum absolute atomic E-state index is 12.2. The average Bonchev–Trinajstić information content (AvgIpc) is 2.63. The molecular formula is C19H24ClNO6. The van der Waals surface area contributed by atoms with Crippen molar-refractivity contribution in [3.63, 3.8) is 0 Å². The molecule has 0 aliphatic carbocycles. The first kappa shape index (κ1) is 21.0. The van der Waals surface area contributed by atoms with E-state index >= 15 is 0 Å². The third kappa shape index (κ3) is 6.13. The molecule has 1 heterocycles. The molecule has 1 aliphatic heterocycles. The predicted octanol–water partition coefficient (Wildman–Crippen LogP) is 2.14. The number of fused-ring (bicyclic) bond motifs is 1. The van der Waals surface area contributed by atoms with E-state index in [1.54, 1.807) is 18.2 Å². The van der Waals surface area contributed by atoms with Gasteiger partial charge >= 0.3 is 11.9 Å². The lowest BCUT2D eigenvalue weighted by atomic mass is 9.97. The summed E-state index contributed by atoms with van der Waals surface area (Å²) >= 11 is 5.97. The normalized spacial score (nSPS) is 16.7. The minimum Gasteiger partial charge on any atom is -0.492 e. The van der Waals surface area contributed by atoms with Crippen molar-refractivity contribution in [3.05, 3.63) is 28.8 Å². The zero-order chi connectivity index (χ0) is 20.0. The number of hydrogen-bond acceptors (Lipinski definition) is 6. The van der Waals surface area contributed by atoms with Gasteiger partial charge < -0.3 is 19.5 Å². The Bertz CT molecular complexity index is 705. The maximum Gasteiger partial charge on any atom is 0.328 e. The quantitative estimate of drug-likeness (QED) is 0.709. The second-order valence-corrected chi connectivity index (χ2v) is 7.28. The number of halogens is 1. The molecule has 0 unspecified atom stereocenters. The first-order chi connectivity index (χ1) is 12.8. The fraction of sp³-hybridized carbons (Fsp3) is 0.526. The summed E-state index contributed by atoms with van der Waals surface area (Å²) in [5.74, 6) is -1.26. The van der Waals surface area contributed by atoms with E-state index in [0.717, 1.165) is 5.56 Å². The summed E-state index contributed by atoms with van der Waals surface area (Å²) < 4.78 is 15.3. The highest BCUT2D eigenvalue weighted by atomic mass is 35.5. The molecule has 1 aromatic carbocycles. The second-order valence-electron chi connectivity index (χ2n) is 6.84. The van der Waals surface area contributed by atoms with Crippen LogP contribution in [0.3, 0.4) is 0 Å². The monoisotopic (exact) mass is 397 g/mol. The summed E-state index contributed by atoms with van der Waals surface area (Å²) in [5.41, 5.74) is 0.822. The van der Waals surface area contributed by atoms with E-state index in [1.807, 2.05) is 13.8 Å². The fourth-order valence-corrected chi connectivity index (χ4v) is 3.03. The summed E-state index contributed by atoms with van der Waals surface area (Å²) in [5, 5.41) is 3.10. The third-order valence-electron chi connectivity index (χ3n) is 4.14. The average molecular weight is 398 g/mol. The number of rotatable bonds is 7. The number of methoxy groups -OCH3 is 1. The summed E-state index contributed by atoms with van der Waals surface area (Å²) in [7, 11) is 1.26. The molecule has 0 spiro atoms. The Hall–Kier alpha value is -2.28. The number of ether oxygens (including phenoxy) is 3. The molecule has 1 aromatic rings. The van der Waals surface area contributed by atoms with Crippen molar-refractivity contribution >= 4 is 29.4 Å². The lowest BCUT2D eigenvalue weighted by Gasteiger charge is -2.24. The largest absolute Gasteiger partial charge is 0.492 e. The van der Waals surface area contributed by atoms with Gasteiger partial charge in [-0.05, 0) is 42.5 Å². The molecule has 1 N–H and O–H groups in total. The van der Waals surface area contributed by atoms with Crippen molar-refractivity contribution in [1.82, 2.24) is 5.32 Å². The molecule has 1 amide bonds. The van der Waals surface area contributed by atoms with Crippen LogP contribution in [0.1, 0.15) is 25.8 Å². The molecule has 148 valence electrons. The Labute approximate surface area is 163 Å². The van der Waals surface area contributed by atoms with Crippen LogP contribution in [0.25, 0.3) is 0 Å². The van der Waals surface area contributed by atoms with E-state index in [9.17, 15) is 14.4 Å². The van der Waals surface area contributed by atoms with Gasteiger partial charge in [-0.15, -0.1) is 0 Å². The van der Waals surface area contributed by atoms with Gasteiger partial charge in [-0.2, -0.15) is 0 Å². The fourth-order valence-electron chi connectivity index (χ4n) is 2.83. The highest BCUT2D eigenvalue weighted by Gasteiger charge is 2.29. The topological polar surface area (TPSA) is 90.9 Å². The van der Waals surface area contributed by atoms with E-state index in [2.05, 4.69) is 10.1 Å². The van der Waals surface area contributed by atoms with Crippen LogP contribution in [0.4, 0.5) is 0 Å². The van der Waals surface area contributed by atoms with Crippen molar-refractivity contribution in [3.8, 4) is 5.75 Å². The molecule has 2 rings (SSSR count). The maximum atomic E-state index is 12.2. The molecule has 0 radical (unpaired) electrons. The van der Waals surface area contributed by atoms with E-state index in [0.29, 0.717) is 23.6 Å². The lowest BCUT2D eigenvalue weighted by Crippen LogP contribution is -2.44. The Morgan fingerprint density at radius 1 is 1.33 bits per heavy atom. The van der Waals surface area contributed by atoms with Gasteiger partial charge in [0.2, 0.25) is 0 Å². The van der Waals surface area contributed by atoms with E-state index < -0.39 is 36.4 Å². The molecule has 7 nitrogen and oxygen atoms in total. The Balaban J connectivity index is 1.85. The number of benzene rings is 1. The summed E-state index contributed by atoms with van der Waals surface area (Å²) in [6.45, 7) is 3.56. The summed E-state index contributed by atoms with van der Waals surface area (Å²) in [4.78, 5) is 36.0. The van der Waals surface area contributed by atoms with Gasteiger partial charge in [0.15, 0.2) is 6.61 Å². The number of amides is 1. The van der Waals surface area contributed by atoms with Crippen LogP contribution in [-0.4, -0.2) is 44.2 Å². The van der Waals surface area contributed by atoms with Crippen LogP contribution in [0.2, 0.25) is 5.02 Å². The number of hydrogen-bond donors (Lipinski definition) is 1. The second kappa shape index (κ2) is 9.60. The van der Waals surface area contributed by atoms with Crippen molar-refractivity contribution in [2.45, 2.75) is 32.7 Å². The molecule has 0 fully saturated rings. The van der Waals surface area contributed by atoms with Crippen LogP contribution >= 0.6 is 11.6 Å². The molecule has 0 saturated carbocycles. The van der Waals surface area contributed by atoms with E-state index in [1.165, 1.54) is 7.11 Å². The Kier molecular flexibility index (Phi) is 7.47. The van der Waals surface area contributed by atoms with Crippen LogP contribution in [0.15, 0.2) is 18.2 Å². The standard InChI is InChI=1S/C19H24ClNO6/c1-11(2)6-15(19(24)25-3)21-17(22)10-27-18(23)13-7-12-8-14(20)4-5-16(12)26-9-13/h4-5,8,11,13,15H,6-7,9-10H2,1-3H3,(H,21,22)/t13-,15+/m1/s1. The van der Waals surface area contributed by atoms with Crippen molar-refractivity contribution in [1.29, 1.82) is 0 Å². The van der Waals surface area contributed by atoms with Crippen molar-refractivity contribution in [2.75, 3.05) is 20.3 Å². The highest BCUT2D eigenvalue weighted by molar-refractivity contribution is 6.30. The van der Waals surface area contributed by atoms with Crippen molar-refractivity contribution in [2.24, 2.45) is 11.8 Å². The van der Waals surface area contributed by atoms with Crippen LogP contribution in [-0.2, 0) is 30.3 Å². The molecule has 0 bridgehead atoms. The number of carbonyl (C=O) groups is 3. The molecule has 2 atom stereocenters. The van der Waals surface area contributed by atoms with Gasteiger partial charge in [-0.1, -0.05) is 25.4 Å². The summed E-state index contributed by atoms with van der Waals surface area (Å²) in [6, 6.07) is 4.45. The van der Waals surface area contributed by atoms with Gasteiger partial charge in [0, 0.05) is 5.02 Å². The SMILES string of the molecule is COC(=O)[C@H](CC(C)C)NC(=O)COC(=O)[C@H]1COc2ccc(Cl)cc2C1.